The Morgan fingerprint density at radius 2 is 2.21 bits per heavy atom. The van der Waals surface area contributed by atoms with E-state index in [1.807, 2.05) is 6.92 Å². The molecule has 0 unspecified atom stereocenters. The number of benzene rings is 1. The van der Waals surface area contributed by atoms with Gasteiger partial charge in [0.2, 0.25) is 0 Å². The molecule has 1 rings (SSSR count). The van der Waals surface area contributed by atoms with Crippen molar-refractivity contribution >= 4 is 15.9 Å². The lowest BCUT2D eigenvalue weighted by Gasteiger charge is -2.12. The summed E-state index contributed by atoms with van der Waals surface area (Å²) in [6.45, 7) is 1.74. The largest absolute Gasteiger partial charge is 0.496 e. The van der Waals surface area contributed by atoms with Gasteiger partial charge in [-0.25, -0.2) is 4.39 Å². The van der Waals surface area contributed by atoms with Crippen molar-refractivity contribution in [1.82, 2.24) is 0 Å². The first kappa shape index (κ1) is 11.5. The van der Waals surface area contributed by atoms with Crippen LogP contribution in [0.25, 0.3) is 0 Å². The number of hydrogen-bond donors (Lipinski definition) is 1. The van der Waals surface area contributed by atoms with Crippen LogP contribution in [0.4, 0.5) is 4.39 Å². The second-order valence-electron chi connectivity index (χ2n) is 2.97. The molecular formula is C10H12BrFO2. The van der Waals surface area contributed by atoms with Gasteiger partial charge in [0.15, 0.2) is 0 Å². The van der Waals surface area contributed by atoms with Crippen LogP contribution in [0.15, 0.2) is 10.5 Å². The van der Waals surface area contributed by atoms with Gasteiger partial charge in [0.05, 0.1) is 11.6 Å². The van der Waals surface area contributed by atoms with Crippen LogP contribution >= 0.6 is 15.9 Å². The monoisotopic (exact) mass is 262 g/mol. The second-order valence-corrected chi connectivity index (χ2v) is 3.83. The Labute approximate surface area is 90.8 Å². The van der Waals surface area contributed by atoms with Gasteiger partial charge in [0, 0.05) is 18.6 Å². The molecule has 0 aliphatic heterocycles. The first-order valence-corrected chi connectivity index (χ1v) is 5.03. The fourth-order valence-electron chi connectivity index (χ4n) is 1.42. The SMILES string of the molecule is COc1c(C)cc(Br)c(F)c1CCO. The molecule has 0 radical (unpaired) electrons. The number of ether oxygens (including phenoxy) is 1. The molecular weight excluding hydrogens is 251 g/mol. The van der Waals surface area contributed by atoms with Crippen LogP contribution < -0.4 is 4.74 Å². The zero-order chi connectivity index (χ0) is 10.7. The molecule has 0 aliphatic carbocycles. The van der Waals surface area contributed by atoms with Gasteiger partial charge in [-0.2, -0.15) is 0 Å². The summed E-state index contributed by atoms with van der Waals surface area (Å²) in [5.74, 6) is 0.154. The molecule has 0 saturated heterocycles. The van der Waals surface area contributed by atoms with Crippen LogP contribution in [0.5, 0.6) is 5.75 Å². The average molecular weight is 263 g/mol. The minimum atomic E-state index is -0.360. The van der Waals surface area contributed by atoms with E-state index in [4.69, 9.17) is 9.84 Å². The predicted molar refractivity (Wildman–Crippen MR) is 56.2 cm³/mol. The second kappa shape index (κ2) is 4.75. The van der Waals surface area contributed by atoms with Crippen LogP contribution in [-0.4, -0.2) is 18.8 Å². The van der Waals surface area contributed by atoms with Crippen molar-refractivity contribution in [1.29, 1.82) is 0 Å². The molecule has 14 heavy (non-hydrogen) atoms. The quantitative estimate of drug-likeness (QED) is 0.907. The summed E-state index contributed by atoms with van der Waals surface area (Å²) >= 11 is 3.12. The molecule has 0 atom stereocenters. The molecule has 1 aromatic rings. The van der Waals surface area contributed by atoms with E-state index in [2.05, 4.69) is 15.9 Å². The molecule has 0 fully saturated rings. The number of rotatable bonds is 3. The molecule has 78 valence electrons. The Hall–Kier alpha value is -0.610. The third kappa shape index (κ3) is 2.07. The van der Waals surface area contributed by atoms with E-state index in [0.717, 1.165) is 5.56 Å². The molecule has 1 aromatic carbocycles. The summed E-state index contributed by atoms with van der Waals surface area (Å²) in [5.41, 5.74) is 1.27. The van der Waals surface area contributed by atoms with E-state index in [-0.39, 0.29) is 18.8 Å². The van der Waals surface area contributed by atoms with Gasteiger partial charge in [-0.05, 0) is 34.5 Å². The van der Waals surface area contributed by atoms with E-state index in [0.29, 0.717) is 15.8 Å². The van der Waals surface area contributed by atoms with Crippen LogP contribution in [0.3, 0.4) is 0 Å². The van der Waals surface area contributed by atoms with Crippen molar-refractivity contribution in [2.75, 3.05) is 13.7 Å². The summed E-state index contributed by atoms with van der Waals surface area (Å²) in [6, 6.07) is 1.66. The van der Waals surface area contributed by atoms with Crippen molar-refractivity contribution in [2.45, 2.75) is 13.3 Å². The molecule has 0 saturated carbocycles. The lowest BCUT2D eigenvalue weighted by molar-refractivity contribution is 0.294. The van der Waals surface area contributed by atoms with Gasteiger partial charge >= 0.3 is 0 Å². The summed E-state index contributed by atoms with van der Waals surface area (Å²) in [6.07, 6.45) is 0.259. The fourth-order valence-corrected chi connectivity index (χ4v) is 2.00. The Kier molecular flexibility index (Phi) is 3.89. The van der Waals surface area contributed by atoms with E-state index in [1.54, 1.807) is 6.07 Å². The third-order valence-corrected chi connectivity index (χ3v) is 2.59. The Balaban J connectivity index is 3.32. The van der Waals surface area contributed by atoms with Crippen LogP contribution in [0.2, 0.25) is 0 Å². The van der Waals surface area contributed by atoms with Gasteiger partial charge in [0.25, 0.3) is 0 Å². The normalized spacial score (nSPS) is 10.4. The standard InChI is InChI=1S/C10H12BrFO2/c1-6-5-8(11)9(12)7(3-4-13)10(6)14-2/h5,13H,3-4H2,1-2H3. The van der Waals surface area contributed by atoms with E-state index in [9.17, 15) is 4.39 Å². The van der Waals surface area contributed by atoms with Crippen molar-refractivity contribution in [3.8, 4) is 5.75 Å². The maximum absolute atomic E-state index is 13.6. The maximum Gasteiger partial charge on any atom is 0.144 e. The third-order valence-electron chi connectivity index (χ3n) is 2.02. The Morgan fingerprint density at radius 3 is 2.71 bits per heavy atom. The zero-order valence-corrected chi connectivity index (χ0v) is 9.69. The zero-order valence-electron chi connectivity index (χ0n) is 8.10. The first-order valence-electron chi connectivity index (χ1n) is 4.24. The van der Waals surface area contributed by atoms with Crippen LogP contribution in [-0.2, 0) is 6.42 Å². The molecule has 0 spiro atoms. The topological polar surface area (TPSA) is 29.5 Å². The lowest BCUT2D eigenvalue weighted by atomic mass is 10.1. The molecule has 0 aliphatic rings. The van der Waals surface area contributed by atoms with Crippen molar-refractivity contribution < 1.29 is 14.2 Å². The smallest absolute Gasteiger partial charge is 0.144 e. The molecule has 2 nitrogen and oxygen atoms in total. The number of hydrogen-bond acceptors (Lipinski definition) is 2. The maximum atomic E-state index is 13.6. The van der Waals surface area contributed by atoms with Gasteiger partial charge in [-0.15, -0.1) is 0 Å². The van der Waals surface area contributed by atoms with E-state index in [1.165, 1.54) is 7.11 Å². The Bertz CT molecular complexity index is 339. The highest BCUT2D eigenvalue weighted by Crippen LogP contribution is 2.31. The van der Waals surface area contributed by atoms with Gasteiger partial charge < -0.3 is 9.84 Å². The molecule has 0 amide bonds. The highest BCUT2D eigenvalue weighted by Gasteiger charge is 2.15. The molecule has 1 N–H and O–H groups in total. The van der Waals surface area contributed by atoms with Crippen molar-refractivity contribution in [2.24, 2.45) is 0 Å². The lowest BCUT2D eigenvalue weighted by Crippen LogP contribution is -2.02. The number of aliphatic hydroxyl groups is 1. The Morgan fingerprint density at radius 1 is 1.57 bits per heavy atom. The van der Waals surface area contributed by atoms with Gasteiger partial charge in [-0.1, -0.05) is 0 Å². The number of aliphatic hydroxyl groups excluding tert-OH is 1. The summed E-state index contributed by atoms with van der Waals surface area (Å²) in [4.78, 5) is 0. The molecule has 0 bridgehead atoms. The highest BCUT2D eigenvalue weighted by atomic mass is 79.9. The number of aryl methyl sites for hydroxylation is 1. The number of halogens is 2. The van der Waals surface area contributed by atoms with Gasteiger partial charge in [0.1, 0.15) is 11.6 Å². The summed E-state index contributed by atoms with van der Waals surface area (Å²) in [7, 11) is 1.50. The van der Waals surface area contributed by atoms with Crippen LogP contribution in [0.1, 0.15) is 11.1 Å². The van der Waals surface area contributed by atoms with E-state index < -0.39 is 0 Å². The first-order chi connectivity index (χ1) is 6.61. The summed E-state index contributed by atoms with van der Waals surface area (Å²) < 4.78 is 19.1. The van der Waals surface area contributed by atoms with Crippen molar-refractivity contribution in [3.63, 3.8) is 0 Å². The summed E-state index contributed by atoms with van der Waals surface area (Å²) in [5, 5.41) is 8.81. The molecule has 0 heterocycles. The van der Waals surface area contributed by atoms with E-state index >= 15 is 0 Å². The van der Waals surface area contributed by atoms with Crippen molar-refractivity contribution in [3.05, 3.63) is 27.5 Å². The van der Waals surface area contributed by atoms with Gasteiger partial charge in [-0.3, -0.25) is 0 Å². The van der Waals surface area contributed by atoms with Crippen LogP contribution in [0, 0.1) is 12.7 Å². The highest BCUT2D eigenvalue weighted by molar-refractivity contribution is 9.10. The minimum absolute atomic E-state index is 0.0941. The predicted octanol–water partition coefficient (Wildman–Crippen LogP) is 2.44. The fraction of sp³-hybridized carbons (Fsp3) is 0.400. The molecule has 4 heteroatoms. The molecule has 0 aromatic heterocycles. The number of methoxy groups -OCH3 is 1. The minimum Gasteiger partial charge on any atom is -0.496 e. The average Bonchev–Trinajstić information content (AvgIpc) is 2.14.